The number of aromatic nitrogens is 2. The normalized spacial score (nSPS) is 16.7. The van der Waals surface area contributed by atoms with Crippen LogP contribution >= 0.6 is 0 Å². The Morgan fingerprint density at radius 2 is 1.89 bits per heavy atom. The third-order valence-corrected chi connectivity index (χ3v) is 2.44. The Morgan fingerprint density at radius 3 is 2.47 bits per heavy atom. The lowest BCUT2D eigenvalue weighted by atomic mass is 10.1. The average molecular weight is 267 g/mol. The van der Waals surface area contributed by atoms with Gasteiger partial charge in [0.2, 0.25) is 17.7 Å². The first kappa shape index (κ1) is 13.5. The zero-order valence-corrected chi connectivity index (χ0v) is 11.2. The minimum atomic E-state index is -0.371. The Morgan fingerprint density at radius 1 is 1.26 bits per heavy atom. The van der Waals surface area contributed by atoms with E-state index < -0.39 is 0 Å². The van der Waals surface area contributed by atoms with Gasteiger partial charge in [0.1, 0.15) is 13.1 Å². The number of rotatable bonds is 3. The van der Waals surface area contributed by atoms with Gasteiger partial charge in [-0.25, -0.2) is 0 Å². The summed E-state index contributed by atoms with van der Waals surface area (Å²) in [5.41, 5.74) is -0.0599. The van der Waals surface area contributed by atoms with Gasteiger partial charge in [0.25, 0.3) is 0 Å². The Balaban J connectivity index is 2.00. The molecule has 0 radical (unpaired) electrons. The quantitative estimate of drug-likeness (QED) is 0.707. The smallest absolute Gasteiger partial charge is 0.319 e. The molecule has 8 heteroatoms. The maximum atomic E-state index is 11.2. The lowest BCUT2D eigenvalue weighted by molar-refractivity contribution is -0.130. The second kappa shape index (κ2) is 4.96. The van der Waals surface area contributed by atoms with Crippen LogP contribution in [0.3, 0.4) is 0 Å². The molecule has 19 heavy (non-hydrogen) atoms. The number of hydrogen-bond acceptors (Lipinski definition) is 7. The summed E-state index contributed by atoms with van der Waals surface area (Å²) in [6.45, 7) is 6.60. The Bertz CT molecular complexity index is 475. The fourth-order valence-electron chi connectivity index (χ4n) is 1.56. The second-order valence-corrected chi connectivity index (χ2v) is 5.41. The lowest BCUT2D eigenvalue weighted by Gasteiger charge is -2.23. The average Bonchev–Trinajstić information content (AvgIpc) is 2.72. The molecule has 1 aromatic rings. The van der Waals surface area contributed by atoms with Crippen molar-refractivity contribution in [3.05, 3.63) is 5.89 Å². The first-order valence-electron chi connectivity index (χ1n) is 5.98. The summed E-state index contributed by atoms with van der Waals surface area (Å²) in [4.78, 5) is 23.9. The molecule has 1 fully saturated rings. The van der Waals surface area contributed by atoms with Crippen LogP contribution in [-0.4, -0.2) is 40.6 Å². The molecule has 2 heterocycles. The molecule has 0 bridgehead atoms. The van der Waals surface area contributed by atoms with Crippen LogP contribution in [0.4, 0.5) is 6.01 Å². The van der Waals surface area contributed by atoms with E-state index in [9.17, 15) is 9.59 Å². The van der Waals surface area contributed by atoms with Gasteiger partial charge in [-0.2, -0.15) is 0 Å². The van der Waals surface area contributed by atoms with E-state index in [4.69, 9.17) is 4.42 Å². The summed E-state index contributed by atoms with van der Waals surface area (Å²) >= 11 is 0. The van der Waals surface area contributed by atoms with Crippen molar-refractivity contribution >= 4 is 17.8 Å². The van der Waals surface area contributed by atoms with Gasteiger partial charge >= 0.3 is 6.01 Å². The Labute approximate surface area is 110 Å². The molecule has 0 atom stereocenters. The first-order chi connectivity index (χ1) is 8.83. The van der Waals surface area contributed by atoms with Crippen LogP contribution in [0.5, 0.6) is 0 Å². The van der Waals surface area contributed by atoms with E-state index in [1.165, 1.54) is 4.90 Å². The molecular weight excluding hydrogens is 250 g/mol. The fourth-order valence-corrected chi connectivity index (χ4v) is 1.56. The molecule has 2 N–H and O–H groups in total. The van der Waals surface area contributed by atoms with E-state index in [-0.39, 0.29) is 36.5 Å². The standard InChI is InChI=1S/C11H17N5O3/c1-11(2,3)12-4-9-14-15-10(19-9)16-5-7(17)13-8(18)6-16/h12H,4-6H2,1-3H3,(H,13,17,18). The maximum absolute atomic E-state index is 11.2. The molecular formula is C11H17N5O3. The summed E-state index contributed by atoms with van der Waals surface area (Å²) in [5.74, 6) is -0.323. The summed E-state index contributed by atoms with van der Waals surface area (Å²) in [5, 5.41) is 13.1. The van der Waals surface area contributed by atoms with Gasteiger partial charge in [-0.3, -0.25) is 14.9 Å². The molecule has 1 aliphatic rings. The van der Waals surface area contributed by atoms with Crippen molar-refractivity contribution in [2.75, 3.05) is 18.0 Å². The fraction of sp³-hybridized carbons (Fsp3) is 0.636. The molecule has 1 aromatic heterocycles. The lowest BCUT2D eigenvalue weighted by Crippen LogP contribution is -2.51. The summed E-state index contributed by atoms with van der Waals surface area (Å²) in [7, 11) is 0. The van der Waals surface area contributed by atoms with Crippen LogP contribution in [0, 0.1) is 0 Å². The third kappa shape index (κ3) is 3.75. The van der Waals surface area contributed by atoms with E-state index in [2.05, 4.69) is 20.8 Å². The van der Waals surface area contributed by atoms with Crippen LogP contribution in [0.1, 0.15) is 26.7 Å². The summed E-state index contributed by atoms with van der Waals surface area (Å²) in [6.07, 6.45) is 0. The molecule has 1 aliphatic heterocycles. The van der Waals surface area contributed by atoms with E-state index in [1.54, 1.807) is 0 Å². The van der Waals surface area contributed by atoms with Crippen LogP contribution in [0.2, 0.25) is 0 Å². The van der Waals surface area contributed by atoms with Crippen molar-refractivity contribution in [2.24, 2.45) is 0 Å². The van der Waals surface area contributed by atoms with Gasteiger partial charge in [-0.05, 0) is 20.8 Å². The number of amides is 2. The molecule has 0 aliphatic carbocycles. The van der Waals surface area contributed by atoms with Gasteiger partial charge < -0.3 is 14.6 Å². The second-order valence-electron chi connectivity index (χ2n) is 5.41. The zero-order chi connectivity index (χ0) is 14.0. The van der Waals surface area contributed by atoms with Gasteiger partial charge in [-0.15, -0.1) is 5.10 Å². The molecule has 0 aromatic carbocycles. The first-order valence-corrected chi connectivity index (χ1v) is 5.98. The molecule has 0 unspecified atom stereocenters. The SMILES string of the molecule is CC(C)(C)NCc1nnc(N2CC(=O)NC(=O)C2)o1. The largest absolute Gasteiger partial charge is 0.407 e. The number of anilines is 1. The number of carbonyl (C=O) groups excluding carboxylic acids is 2. The molecule has 2 amide bonds. The van der Waals surface area contributed by atoms with E-state index >= 15 is 0 Å². The number of nitrogens with one attached hydrogen (secondary N) is 2. The predicted molar refractivity (Wildman–Crippen MR) is 66.3 cm³/mol. The van der Waals surface area contributed by atoms with Crippen LogP contribution in [-0.2, 0) is 16.1 Å². The van der Waals surface area contributed by atoms with Crippen molar-refractivity contribution in [1.82, 2.24) is 20.8 Å². The van der Waals surface area contributed by atoms with Crippen molar-refractivity contribution in [2.45, 2.75) is 32.9 Å². The highest BCUT2D eigenvalue weighted by molar-refractivity contribution is 6.02. The van der Waals surface area contributed by atoms with Crippen molar-refractivity contribution < 1.29 is 14.0 Å². The molecule has 2 rings (SSSR count). The molecule has 1 saturated heterocycles. The highest BCUT2D eigenvalue weighted by Gasteiger charge is 2.26. The minimum Gasteiger partial charge on any atom is -0.407 e. The number of hydrogen-bond donors (Lipinski definition) is 2. The van der Waals surface area contributed by atoms with Crippen LogP contribution in [0.15, 0.2) is 4.42 Å². The van der Waals surface area contributed by atoms with E-state index in [0.717, 1.165) is 0 Å². The highest BCUT2D eigenvalue weighted by Crippen LogP contribution is 2.13. The molecule has 104 valence electrons. The number of nitrogens with zero attached hydrogens (tertiary/aromatic N) is 3. The monoisotopic (exact) mass is 267 g/mol. The third-order valence-electron chi connectivity index (χ3n) is 2.44. The Kier molecular flexibility index (Phi) is 3.52. The number of carbonyl (C=O) groups is 2. The predicted octanol–water partition coefficient (Wildman–Crippen LogP) is -0.579. The Hall–Kier alpha value is -1.96. The minimum absolute atomic E-state index is 0.0417. The van der Waals surface area contributed by atoms with Crippen LogP contribution < -0.4 is 15.5 Å². The van der Waals surface area contributed by atoms with Gasteiger partial charge in [0, 0.05) is 5.54 Å². The van der Waals surface area contributed by atoms with Gasteiger partial charge in [0.15, 0.2) is 0 Å². The molecule has 8 nitrogen and oxygen atoms in total. The number of piperazine rings is 1. The van der Waals surface area contributed by atoms with Crippen molar-refractivity contribution in [3.63, 3.8) is 0 Å². The van der Waals surface area contributed by atoms with Gasteiger partial charge in [-0.1, -0.05) is 5.10 Å². The number of imide groups is 1. The maximum Gasteiger partial charge on any atom is 0.319 e. The van der Waals surface area contributed by atoms with Crippen molar-refractivity contribution in [3.8, 4) is 0 Å². The summed E-state index contributed by atoms with van der Waals surface area (Å²) < 4.78 is 5.42. The topological polar surface area (TPSA) is 100 Å². The zero-order valence-electron chi connectivity index (χ0n) is 11.2. The molecule has 0 spiro atoms. The van der Waals surface area contributed by atoms with Crippen molar-refractivity contribution in [1.29, 1.82) is 0 Å². The van der Waals surface area contributed by atoms with Crippen LogP contribution in [0.25, 0.3) is 0 Å². The molecule has 0 saturated carbocycles. The van der Waals surface area contributed by atoms with E-state index in [0.29, 0.717) is 12.4 Å². The van der Waals surface area contributed by atoms with E-state index in [1.807, 2.05) is 20.8 Å². The highest BCUT2D eigenvalue weighted by atomic mass is 16.4. The van der Waals surface area contributed by atoms with Gasteiger partial charge in [0.05, 0.1) is 6.54 Å². The summed E-state index contributed by atoms with van der Waals surface area (Å²) in [6, 6.07) is 0.189.